The molecule has 3 unspecified atom stereocenters. The molecule has 7 heteroatoms. The molecule has 28 heavy (non-hydrogen) atoms. The van der Waals surface area contributed by atoms with Crippen molar-refractivity contribution in [3.8, 4) is 0 Å². The third kappa shape index (κ3) is 5.33. The largest absolute Gasteiger partial charge is 0.348 e. The molecule has 0 saturated carbocycles. The zero-order valence-electron chi connectivity index (χ0n) is 18.2. The molecule has 1 N–H and O–H groups in total. The molecule has 0 aliphatic carbocycles. The number of nitrogens with zero attached hydrogens (tertiary/aromatic N) is 2. The third-order valence-corrected chi connectivity index (χ3v) is 7.44. The average Bonchev–Trinajstić information content (AvgIpc) is 2.55. The predicted molar refractivity (Wildman–Crippen MR) is 113 cm³/mol. The highest BCUT2D eigenvalue weighted by molar-refractivity contribution is 7.89. The van der Waals surface area contributed by atoms with Crippen LogP contribution in [0.25, 0.3) is 0 Å². The second-order valence-corrected chi connectivity index (χ2v) is 10.9. The predicted octanol–water partition coefficient (Wildman–Crippen LogP) is 2.65. The number of likely N-dealkylation sites (tertiary alicyclic amines) is 1. The van der Waals surface area contributed by atoms with Crippen molar-refractivity contribution in [3.63, 3.8) is 0 Å². The number of hydrogen-bond acceptors (Lipinski definition) is 4. The summed E-state index contributed by atoms with van der Waals surface area (Å²) >= 11 is 0. The Morgan fingerprint density at radius 2 is 1.79 bits per heavy atom. The van der Waals surface area contributed by atoms with Crippen LogP contribution in [0.15, 0.2) is 17.0 Å². The first kappa shape index (κ1) is 22.8. The Balaban J connectivity index is 2.15. The van der Waals surface area contributed by atoms with Crippen LogP contribution < -0.4 is 5.32 Å². The van der Waals surface area contributed by atoms with Gasteiger partial charge in [-0.1, -0.05) is 13.8 Å². The highest BCUT2D eigenvalue weighted by Gasteiger charge is 2.25. The molecule has 1 amide bonds. The lowest BCUT2D eigenvalue weighted by atomic mass is 9.92. The zero-order valence-corrected chi connectivity index (χ0v) is 19.1. The van der Waals surface area contributed by atoms with Gasteiger partial charge in [-0.05, 0) is 62.3 Å². The first-order chi connectivity index (χ1) is 12.9. The fraction of sp³-hybridized carbons (Fsp3) is 0.667. The number of carbonyl (C=O) groups excluding carboxylic acids is 1. The second kappa shape index (κ2) is 8.93. The Morgan fingerprint density at radius 1 is 1.21 bits per heavy atom. The molecule has 0 radical (unpaired) electrons. The molecule has 1 aliphatic heterocycles. The minimum Gasteiger partial charge on any atom is -0.348 e. The first-order valence-corrected chi connectivity index (χ1v) is 11.4. The van der Waals surface area contributed by atoms with E-state index in [1.165, 1.54) is 30.9 Å². The van der Waals surface area contributed by atoms with E-state index in [9.17, 15) is 13.2 Å². The van der Waals surface area contributed by atoms with Crippen molar-refractivity contribution in [1.82, 2.24) is 14.5 Å². The van der Waals surface area contributed by atoms with Gasteiger partial charge in [0.15, 0.2) is 0 Å². The van der Waals surface area contributed by atoms with Crippen LogP contribution in [0.5, 0.6) is 0 Å². The van der Waals surface area contributed by atoms with Gasteiger partial charge < -0.3 is 10.2 Å². The van der Waals surface area contributed by atoms with E-state index in [1.807, 2.05) is 13.8 Å². The minimum absolute atomic E-state index is 0.0134. The Labute approximate surface area is 170 Å². The highest BCUT2D eigenvalue weighted by Crippen LogP contribution is 2.24. The topological polar surface area (TPSA) is 69.7 Å². The number of sulfonamides is 1. The van der Waals surface area contributed by atoms with Gasteiger partial charge in [-0.3, -0.25) is 4.79 Å². The third-order valence-electron chi connectivity index (χ3n) is 5.49. The van der Waals surface area contributed by atoms with E-state index >= 15 is 0 Å². The van der Waals surface area contributed by atoms with Crippen molar-refractivity contribution in [1.29, 1.82) is 0 Å². The Morgan fingerprint density at radius 3 is 2.32 bits per heavy atom. The van der Waals surface area contributed by atoms with E-state index in [0.717, 1.165) is 25.2 Å². The van der Waals surface area contributed by atoms with E-state index in [1.54, 1.807) is 13.0 Å². The summed E-state index contributed by atoms with van der Waals surface area (Å²) in [6, 6.07) is 3.24. The molecule has 1 aliphatic rings. The molecule has 6 nitrogen and oxygen atoms in total. The van der Waals surface area contributed by atoms with Crippen LogP contribution in [0.4, 0.5) is 0 Å². The highest BCUT2D eigenvalue weighted by atomic mass is 32.2. The summed E-state index contributed by atoms with van der Waals surface area (Å²) < 4.78 is 26.4. The molecule has 0 spiro atoms. The van der Waals surface area contributed by atoms with Gasteiger partial charge in [-0.25, -0.2) is 12.7 Å². The number of hydrogen-bond donors (Lipinski definition) is 1. The summed E-state index contributed by atoms with van der Waals surface area (Å²) in [6.07, 6.45) is 1.25. The number of amides is 1. The van der Waals surface area contributed by atoms with E-state index in [2.05, 4.69) is 24.1 Å². The fourth-order valence-corrected chi connectivity index (χ4v) is 5.32. The molecular formula is C21H35N3O3S. The summed E-state index contributed by atoms with van der Waals surface area (Å²) in [7, 11) is -0.605. The van der Waals surface area contributed by atoms with Gasteiger partial charge in [-0.15, -0.1) is 0 Å². The quantitative estimate of drug-likeness (QED) is 0.784. The van der Waals surface area contributed by atoms with Crippen LogP contribution in [0.2, 0.25) is 0 Å². The molecular weight excluding hydrogens is 374 g/mol. The smallest absolute Gasteiger partial charge is 0.251 e. The second-order valence-electron chi connectivity index (χ2n) is 8.74. The molecule has 158 valence electrons. The summed E-state index contributed by atoms with van der Waals surface area (Å²) in [5.74, 6) is 1.11. The maximum atomic E-state index is 12.8. The molecule has 0 aromatic heterocycles. The van der Waals surface area contributed by atoms with Crippen LogP contribution in [-0.2, 0) is 10.0 Å². The monoisotopic (exact) mass is 409 g/mol. The number of aryl methyl sites for hydroxylation is 1. The Hall–Kier alpha value is -1.44. The van der Waals surface area contributed by atoms with Crippen LogP contribution >= 0.6 is 0 Å². The standard InChI is InChI=1S/C21H35N3O3S/c1-14-8-15(2)12-24(11-14)13-17(4)22-21(25)19-9-16(3)18(5)20(10-19)28(26,27)23(6)7/h9-10,14-15,17H,8,11-13H2,1-7H3,(H,22,25). The zero-order chi connectivity index (χ0) is 21.2. The van der Waals surface area contributed by atoms with Crippen molar-refractivity contribution in [3.05, 3.63) is 28.8 Å². The summed E-state index contributed by atoms with van der Waals surface area (Å²) in [6.45, 7) is 13.1. The lowest BCUT2D eigenvalue weighted by molar-refractivity contribution is 0.0904. The number of rotatable bonds is 6. The number of carbonyl (C=O) groups is 1. The number of piperidine rings is 1. The van der Waals surface area contributed by atoms with Gasteiger partial charge in [0.1, 0.15) is 0 Å². The molecule has 0 bridgehead atoms. The van der Waals surface area contributed by atoms with Crippen LogP contribution in [-0.4, -0.2) is 63.3 Å². The van der Waals surface area contributed by atoms with E-state index < -0.39 is 10.0 Å². The molecule has 1 aromatic carbocycles. The lowest BCUT2D eigenvalue weighted by Crippen LogP contribution is -2.47. The summed E-state index contributed by atoms with van der Waals surface area (Å²) in [4.78, 5) is 15.4. The maximum absolute atomic E-state index is 12.8. The van der Waals surface area contributed by atoms with Gasteiger partial charge in [0.05, 0.1) is 4.90 Å². The molecule has 1 heterocycles. The Kier molecular flexibility index (Phi) is 7.28. The van der Waals surface area contributed by atoms with Crippen LogP contribution in [0.3, 0.4) is 0 Å². The number of nitrogens with one attached hydrogen (secondary N) is 1. The van der Waals surface area contributed by atoms with Gasteiger partial charge in [0.2, 0.25) is 10.0 Å². The van der Waals surface area contributed by atoms with E-state index in [4.69, 9.17) is 0 Å². The van der Waals surface area contributed by atoms with Crippen molar-refractivity contribution >= 4 is 15.9 Å². The van der Waals surface area contributed by atoms with Gasteiger partial charge in [-0.2, -0.15) is 0 Å². The van der Waals surface area contributed by atoms with Crippen LogP contribution in [0, 0.1) is 25.7 Å². The number of benzene rings is 1. The first-order valence-electron chi connectivity index (χ1n) is 9.98. The fourth-order valence-electron chi connectivity index (χ4n) is 4.10. The van der Waals surface area contributed by atoms with Gasteiger partial charge >= 0.3 is 0 Å². The molecule has 2 rings (SSSR count). The van der Waals surface area contributed by atoms with Gasteiger partial charge in [0.25, 0.3) is 5.91 Å². The molecule has 1 fully saturated rings. The van der Waals surface area contributed by atoms with Gasteiger partial charge in [0, 0.05) is 45.3 Å². The SMILES string of the molecule is Cc1cc(C(=O)NC(C)CN2CC(C)CC(C)C2)cc(S(=O)(=O)N(C)C)c1C. The normalized spacial score (nSPS) is 22.3. The van der Waals surface area contributed by atoms with Crippen LogP contribution in [0.1, 0.15) is 48.7 Å². The average molecular weight is 410 g/mol. The van der Waals surface area contributed by atoms with Crippen molar-refractivity contribution in [2.45, 2.75) is 52.0 Å². The maximum Gasteiger partial charge on any atom is 0.251 e. The van der Waals surface area contributed by atoms with Crippen molar-refractivity contribution < 1.29 is 13.2 Å². The molecule has 1 aromatic rings. The lowest BCUT2D eigenvalue weighted by Gasteiger charge is -2.36. The minimum atomic E-state index is -3.60. The summed E-state index contributed by atoms with van der Waals surface area (Å²) in [5.41, 5.74) is 1.85. The summed E-state index contributed by atoms with van der Waals surface area (Å²) in [5, 5.41) is 3.04. The van der Waals surface area contributed by atoms with E-state index in [0.29, 0.717) is 23.0 Å². The van der Waals surface area contributed by atoms with Crippen molar-refractivity contribution in [2.24, 2.45) is 11.8 Å². The molecule has 1 saturated heterocycles. The Bertz CT molecular complexity index is 810. The molecule has 3 atom stereocenters. The van der Waals surface area contributed by atoms with Crippen molar-refractivity contribution in [2.75, 3.05) is 33.7 Å². The van der Waals surface area contributed by atoms with E-state index in [-0.39, 0.29) is 16.8 Å².